The van der Waals surface area contributed by atoms with E-state index in [1.807, 2.05) is 36.4 Å². The molecule has 3 aromatic rings. The number of hydrogen-bond acceptors (Lipinski definition) is 4. The Morgan fingerprint density at radius 1 is 0.857 bits per heavy atom. The third-order valence-corrected chi connectivity index (χ3v) is 4.09. The number of carbonyl (C=O) groups excluding carboxylic acids is 2. The van der Waals surface area contributed by atoms with Gasteiger partial charge in [-0.2, -0.15) is 0 Å². The van der Waals surface area contributed by atoms with Gasteiger partial charge in [0.15, 0.2) is 11.6 Å². The van der Waals surface area contributed by atoms with Gasteiger partial charge < -0.3 is 5.11 Å². The van der Waals surface area contributed by atoms with E-state index < -0.39 is 0 Å². The van der Waals surface area contributed by atoms with E-state index >= 15 is 0 Å². The van der Waals surface area contributed by atoms with Crippen LogP contribution in [0.5, 0.6) is 5.75 Å². The molecule has 4 nitrogen and oxygen atoms in total. The first kappa shape index (κ1) is 19.0. The summed E-state index contributed by atoms with van der Waals surface area (Å²) in [5.74, 6) is -0.375. The average molecular weight is 369 g/mol. The Morgan fingerprint density at radius 2 is 1.57 bits per heavy atom. The molecule has 0 saturated heterocycles. The number of nitrogens with zero attached hydrogens (tertiary/aromatic N) is 1. The van der Waals surface area contributed by atoms with E-state index in [1.54, 1.807) is 36.7 Å². The van der Waals surface area contributed by atoms with Crippen LogP contribution in [-0.4, -0.2) is 21.7 Å². The first-order chi connectivity index (χ1) is 13.6. The molecule has 0 bridgehead atoms. The van der Waals surface area contributed by atoms with Gasteiger partial charge in [0, 0.05) is 18.0 Å². The number of allylic oxidation sites excluding steroid dienone is 2. The van der Waals surface area contributed by atoms with Crippen molar-refractivity contribution in [3.8, 4) is 16.9 Å². The van der Waals surface area contributed by atoms with Gasteiger partial charge in [-0.05, 0) is 47.0 Å². The fourth-order valence-electron chi connectivity index (χ4n) is 2.67. The van der Waals surface area contributed by atoms with Crippen LogP contribution in [0.1, 0.15) is 17.5 Å². The highest BCUT2D eigenvalue weighted by Crippen LogP contribution is 2.23. The number of ketones is 2. The largest absolute Gasteiger partial charge is 0.508 e. The standard InChI is InChI=1S/C24H19NO3/c26-21-11-7-18(8-12-21)9-13-22(27)16-23(28)14-10-19-4-1-2-6-24(19)20-5-3-15-25-17-20/h1-15,17,26H,16H2/b13-9+,14-10+. The third kappa shape index (κ3) is 5.35. The van der Waals surface area contributed by atoms with E-state index in [4.69, 9.17) is 0 Å². The lowest BCUT2D eigenvalue weighted by molar-refractivity contribution is -0.121. The molecule has 0 unspecified atom stereocenters. The van der Waals surface area contributed by atoms with Crippen molar-refractivity contribution in [3.63, 3.8) is 0 Å². The summed E-state index contributed by atoms with van der Waals surface area (Å²) in [5.41, 5.74) is 3.59. The summed E-state index contributed by atoms with van der Waals surface area (Å²) < 4.78 is 0. The fraction of sp³-hybridized carbons (Fsp3) is 0.0417. The number of pyridine rings is 1. The van der Waals surface area contributed by atoms with Crippen molar-refractivity contribution in [2.24, 2.45) is 0 Å². The lowest BCUT2D eigenvalue weighted by Gasteiger charge is -2.05. The Morgan fingerprint density at radius 3 is 2.29 bits per heavy atom. The van der Waals surface area contributed by atoms with Gasteiger partial charge in [-0.3, -0.25) is 14.6 Å². The van der Waals surface area contributed by atoms with Crippen LogP contribution in [0, 0.1) is 0 Å². The first-order valence-corrected chi connectivity index (χ1v) is 8.82. The molecule has 0 saturated carbocycles. The van der Waals surface area contributed by atoms with Crippen LogP contribution in [0.3, 0.4) is 0 Å². The van der Waals surface area contributed by atoms with Crippen LogP contribution in [0.2, 0.25) is 0 Å². The van der Waals surface area contributed by atoms with Gasteiger partial charge in [0.25, 0.3) is 0 Å². The minimum Gasteiger partial charge on any atom is -0.508 e. The fourth-order valence-corrected chi connectivity index (χ4v) is 2.67. The molecule has 0 aliphatic rings. The zero-order valence-corrected chi connectivity index (χ0v) is 15.2. The summed E-state index contributed by atoms with van der Waals surface area (Å²) >= 11 is 0. The summed E-state index contributed by atoms with van der Waals surface area (Å²) in [7, 11) is 0. The molecular formula is C24H19NO3. The van der Waals surface area contributed by atoms with Crippen LogP contribution in [-0.2, 0) is 9.59 Å². The molecule has 1 heterocycles. The van der Waals surface area contributed by atoms with E-state index in [1.165, 1.54) is 24.3 Å². The molecule has 0 fully saturated rings. The molecule has 1 aromatic heterocycles. The van der Waals surface area contributed by atoms with Gasteiger partial charge in [0.2, 0.25) is 0 Å². The van der Waals surface area contributed by atoms with Gasteiger partial charge in [0.1, 0.15) is 5.75 Å². The number of carbonyl (C=O) groups is 2. The van der Waals surface area contributed by atoms with E-state index in [0.717, 1.165) is 22.3 Å². The smallest absolute Gasteiger partial charge is 0.163 e. The topological polar surface area (TPSA) is 67.3 Å². The van der Waals surface area contributed by atoms with Crippen LogP contribution in [0.4, 0.5) is 0 Å². The minimum atomic E-state index is -0.275. The second-order valence-electron chi connectivity index (χ2n) is 6.20. The Balaban J connectivity index is 1.64. The number of phenols is 1. The Labute approximate surface area is 163 Å². The highest BCUT2D eigenvalue weighted by atomic mass is 16.3. The summed E-state index contributed by atoms with van der Waals surface area (Å²) in [6.45, 7) is 0. The maximum Gasteiger partial charge on any atom is 0.163 e. The van der Waals surface area contributed by atoms with Crippen molar-refractivity contribution in [3.05, 3.63) is 96.3 Å². The van der Waals surface area contributed by atoms with Crippen molar-refractivity contribution in [2.45, 2.75) is 6.42 Å². The number of rotatable bonds is 7. The number of hydrogen-bond donors (Lipinski definition) is 1. The Kier molecular flexibility index (Phi) is 6.26. The molecular weight excluding hydrogens is 350 g/mol. The van der Waals surface area contributed by atoms with Crippen LogP contribution >= 0.6 is 0 Å². The highest BCUT2D eigenvalue weighted by molar-refractivity contribution is 6.11. The molecule has 0 aliphatic carbocycles. The molecule has 138 valence electrons. The van der Waals surface area contributed by atoms with Gasteiger partial charge in [-0.15, -0.1) is 0 Å². The monoisotopic (exact) mass is 369 g/mol. The maximum absolute atomic E-state index is 12.1. The van der Waals surface area contributed by atoms with E-state index in [2.05, 4.69) is 4.98 Å². The summed E-state index contributed by atoms with van der Waals surface area (Å²) in [4.78, 5) is 28.3. The highest BCUT2D eigenvalue weighted by Gasteiger charge is 2.06. The first-order valence-electron chi connectivity index (χ1n) is 8.82. The average Bonchev–Trinajstić information content (AvgIpc) is 2.73. The van der Waals surface area contributed by atoms with Crippen LogP contribution in [0.15, 0.2) is 85.2 Å². The second kappa shape index (κ2) is 9.24. The van der Waals surface area contributed by atoms with E-state index in [9.17, 15) is 14.7 Å². The van der Waals surface area contributed by atoms with Crippen LogP contribution in [0.25, 0.3) is 23.3 Å². The van der Waals surface area contributed by atoms with E-state index in [-0.39, 0.29) is 23.7 Å². The lowest BCUT2D eigenvalue weighted by atomic mass is 10.0. The number of aromatic nitrogens is 1. The lowest BCUT2D eigenvalue weighted by Crippen LogP contribution is -2.02. The molecule has 0 radical (unpaired) electrons. The predicted octanol–water partition coefficient (Wildman–Crippen LogP) is 4.71. The third-order valence-electron chi connectivity index (χ3n) is 4.09. The molecule has 1 N–H and O–H groups in total. The molecule has 28 heavy (non-hydrogen) atoms. The van der Waals surface area contributed by atoms with Crippen molar-refractivity contribution < 1.29 is 14.7 Å². The van der Waals surface area contributed by atoms with Crippen molar-refractivity contribution in [1.82, 2.24) is 4.98 Å². The van der Waals surface area contributed by atoms with Crippen molar-refractivity contribution in [2.75, 3.05) is 0 Å². The van der Waals surface area contributed by atoms with Crippen molar-refractivity contribution >= 4 is 23.7 Å². The van der Waals surface area contributed by atoms with Gasteiger partial charge in [-0.25, -0.2) is 0 Å². The quantitative estimate of drug-likeness (QED) is 0.484. The summed E-state index contributed by atoms with van der Waals surface area (Å²) in [6.07, 6.45) is 9.44. The molecule has 0 atom stereocenters. The van der Waals surface area contributed by atoms with Gasteiger partial charge >= 0.3 is 0 Å². The maximum atomic E-state index is 12.1. The Hall–Kier alpha value is -3.79. The number of aromatic hydroxyl groups is 1. The second-order valence-corrected chi connectivity index (χ2v) is 6.20. The predicted molar refractivity (Wildman–Crippen MR) is 110 cm³/mol. The molecule has 0 amide bonds. The molecule has 0 spiro atoms. The van der Waals surface area contributed by atoms with Gasteiger partial charge in [-0.1, -0.05) is 54.6 Å². The van der Waals surface area contributed by atoms with Crippen LogP contribution < -0.4 is 0 Å². The molecule has 2 aromatic carbocycles. The number of phenolic OH excluding ortho intramolecular Hbond substituents is 1. The van der Waals surface area contributed by atoms with Gasteiger partial charge in [0.05, 0.1) is 6.42 Å². The molecule has 3 rings (SSSR count). The summed E-state index contributed by atoms with van der Waals surface area (Å²) in [5, 5.41) is 9.25. The molecule has 0 aliphatic heterocycles. The zero-order valence-electron chi connectivity index (χ0n) is 15.2. The SMILES string of the molecule is O=C(/C=C/c1ccc(O)cc1)CC(=O)/C=C/c1ccccc1-c1cccnc1. The molecule has 4 heteroatoms. The van der Waals surface area contributed by atoms with E-state index in [0.29, 0.717) is 0 Å². The summed E-state index contributed by atoms with van der Waals surface area (Å²) in [6, 6.07) is 18.0. The Bertz CT molecular complexity index is 1020. The minimum absolute atomic E-state index is 0.162. The normalized spacial score (nSPS) is 11.1. The number of benzene rings is 2. The van der Waals surface area contributed by atoms with Crippen molar-refractivity contribution in [1.29, 1.82) is 0 Å². The zero-order chi connectivity index (χ0) is 19.8.